The number of benzene rings is 2. The van der Waals surface area contributed by atoms with Gasteiger partial charge in [-0.05, 0) is 61.2 Å². The van der Waals surface area contributed by atoms with Gasteiger partial charge in [-0.15, -0.1) is 0 Å². The average molecular weight is 435 g/mol. The van der Waals surface area contributed by atoms with Crippen molar-refractivity contribution in [2.75, 3.05) is 23.3 Å². The normalized spacial score (nSPS) is 16.7. The van der Waals surface area contributed by atoms with Crippen LogP contribution in [0.15, 0.2) is 41.3 Å². The summed E-state index contributed by atoms with van der Waals surface area (Å²) in [6, 6.07) is 9.66. The molecule has 1 saturated carbocycles. The van der Waals surface area contributed by atoms with E-state index in [1.807, 2.05) is 11.0 Å². The number of fused-ring (bicyclic) bond motifs is 1. The molecule has 0 atom stereocenters. The first-order valence-corrected chi connectivity index (χ1v) is 11.6. The summed E-state index contributed by atoms with van der Waals surface area (Å²) in [5, 5.41) is 0.227. The zero-order valence-corrected chi connectivity index (χ0v) is 17.7. The Morgan fingerprint density at radius 1 is 1.17 bits per heavy atom. The predicted octanol–water partition coefficient (Wildman–Crippen LogP) is 4.23. The molecular weight excluding hydrogens is 412 g/mol. The fraction of sp³-hybridized carbons (Fsp3) is 0.381. The zero-order valence-electron chi connectivity index (χ0n) is 16.2. The first-order valence-electron chi connectivity index (χ1n) is 9.70. The number of amides is 1. The van der Waals surface area contributed by atoms with Gasteiger partial charge in [0.2, 0.25) is 5.91 Å². The third-order valence-electron chi connectivity index (χ3n) is 5.63. The summed E-state index contributed by atoms with van der Waals surface area (Å²) >= 11 is 6.06. The number of hydrogen-bond acceptors (Lipinski definition) is 4. The quantitative estimate of drug-likeness (QED) is 0.764. The lowest BCUT2D eigenvalue weighted by Gasteiger charge is -2.21. The number of carbonyl (C=O) groups is 1. The van der Waals surface area contributed by atoms with Crippen molar-refractivity contribution in [1.82, 2.24) is 0 Å². The molecule has 1 aliphatic heterocycles. The molecule has 154 valence electrons. The molecule has 6 nitrogen and oxygen atoms in total. The Labute approximate surface area is 175 Å². The van der Waals surface area contributed by atoms with E-state index in [0.29, 0.717) is 18.0 Å². The van der Waals surface area contributed by atoms with Gasteiger partial charge in [-0.1, -0.05) is 24.4 Å². The third-order valence-corrected chi connectivity index (χ3v) is 7.31. The second-order valence-corrected chi connectivity index (χ2v) is 9.56. The van der Waals surface area contributed by atoms with Crippen molar-refractivity contribution in [2.45, 2.75) is 37.0 Å². The van der Waals surface area contributed by atoms with Crippen LogP contribution in [-0.4, -0.2) is 28.0 Å². The minimum atomic E-state index is -3.79. The number of nitrogens with zero attached hydrogens (tertiary/aromatic N) is 1. The summed E-state index contributed by atoms with van der Waals surface area (Å²) in [7, 11) is -2.32. The number of rotatable bonds is 5. The maximum absolute atomic E-state index is 12.8. The number of halogens is 1. The van der Waals surface area contributed by atoms with Crippen molar-refractivity contribution in [1.29, 1.82) is 0 Å². The number of carbonyl (C=O) groups excluding carboxylic acids is 1. The number of anilines is 2. The Morgan fingerprint density at radius 3 is 2.62 bits per heavy atom. The first-order chi connectivity index (χ1) is 13.9. The molecule has 0 spiro atoms. The molecule has 29 heavy (non-hydrogen) atoms. The zero-order chi connectivity index (χ0) is 20.6. The highest BCUT2D eigenvalue weighted by Crippen LogP contribution is 2.35. The standard InChI is InChI=1S/C21H23ClN2O4S/c1-28-20-9-7-17(13-18(20)22)29(26,27)23-16-6-8-19-15(12-16)10-11-24(19)21(25)14-4-2-3-5-14/h6-9,12-14,23H,2-5,10-11H2,1H3. The molecule has 1 heterocycles. The van der Waals surface area contributed by atoms with Crippen molar-refractivity contribution in [2.24, 2.45) is 5.92 Å². The van der Waals surface area contributed by atoms with Crippen molar-refractivity contribution >= 4 is 38.9 Å². The van der Waals surface area contributed by atoms with Crippen LogP contribution in [0.3, 0.4) is 0 Å². The van der Waals surface area contributed by atoms with Crippen LogP contribution in [0.5, 0.6) is 5.75 Å². The van der Waals surface area contributed by atoms with Gasteiger partial charge in [0.15, 0.2) is 0 Å². The van der Waals surface area contributed by atoms with E-state index in [2.05, 4.69) is 4.72 Å². The smallest absolute Gasteiger partial charge is 0.261 e. The maximum Gasteiger partial charge on any atom is 0.261 e. The van der Waals surface area contributed by atoms with E-state index in [0.717, 1.165) is 43.4 Å². The van der Waals surface area contributed by atoms with E-state index in [-0.39, 0.29) is 21.7 Å². The molecule has 0 bridgehead atoms. The SMILES string of the molecule is COc1ccc(S(=O)(=O)Nc2ccc3c(c2)CCN3C(=O)C2CCCC2)cc1Cl. The summed E-state index contributed by atoms with van der Waals surface area (Å²) in [5.74, 6) is 0.733. The molecule has 0 radical (unpaired) electrons. The van der Waals surface area contributed by atoms with Crippen molar-refractivity contribution in [3.8, 4) is 5.75 Å². The van der Waals surface area contributed by atoms with Crippen LogP contribution in [0.25, 0.3) is 0 Å². The van der Waals surface area contributed by atoms with Gasteiger partial charge in [0.1, 0.15) is 5.75 Å². The van der Waals surface area contributed by atoms with Crippen molar-refractivity contribution in [3.63, 3.8) is 0 Å². The van der Waals surface area contributed by atoms with Gasteiger partial charge in [0, 0.05) is 23.8 Å². The van der Waals surface area contributed by atoms with Gasteiger partial charge in [-0.25, -0.2) is 8.42 Å². The summed E-state index contributed by atoms with van der Waals surface area (Å²) < 4.78 is 33.1. The molecule has 1 amide bonds. The summed E-state index contributed by atoms with van der Waals surface area (Å²) in [6.45, 7) is 0.648. The van der Waals surface area contributed by atoms with E-state index >= 15 is 0 Å². The molecule has 8 heteroatoms. The molecule has 1 N–H and O–H groups in total. The highest BCUT2D eigenvalue weighted by Gasteiger charge is 2.32. The van der Waals surface area contributed by atoms with E-state index in [1.165, 1.54) is 25.3 Å². The Balaban J connectivity index is 1.54. The molecule has 2 aliphatic rings. The van der Waals surface area contributed by atoms with Crippen LogP contribution in [0, 0.1) is 5.92 Å². The van der Waals surface area contributed by atoms with Gasteiger partial charge in [0.25, 0.3) is 10.0 Å². The van der Waals surface area contributed by atoms with Crippen LogP contribution < -0.4 is 14.4 Å². The van der Waals surface area contributed by atoms with Crippen LogP contribution >= 0.6 is 11.6 Å². The van der Waals surface area contributed by atoms with E-state index in [4.69, 9.17) is 16.3 Å². The molecule has 0 aromatic heterocycles. The Kier molecular flexibility index (Phi) is 5.44. The minimum Gasteiger partial charge on any atom is -0.495 e. The Bertz CT molecular complexity index is 1050. The molecule has 1 fully saturated rings. The second-order valence-electron chi connectivity index (χ2n) is 7.47. The lowest BCUT2D eigenvalue weighted by Crippen LogP contribution is -2.33. The largest absolute Gasteiger partial charge is 0.495 e. The van der Waals surface area contributed by atoms with Gasteiger partial charge in [-0.3, -0.25) is 9.52 Å². The van der Waals surface area contributed by atoms with Gasteiger partial charge < -0.3 is 9.64 Å². The lowest BCUT2D eigenvalue weighted by atomic mass is 10.1. The van der Waals surface area contributed by atoms with Crippen LogP contribution in [0.1, 0.15) is 31.2 Å². The number of nitrogens with one attached hydrogen (secondary N) is 1. The van der Waals surface area contributed by atoms with E-state index in [1.54, 1.807) is 12.1 Å². The maximum atomic E-state index is 12.8. The molecule has 1 aliphatic carbocycles. The monoisotopic (exact) mass is 434 g/mol. The molecule has 0 unspecified atom stereocenters. The fourth-order valence-corrected chi connectivity index (χ4v) is 5.51. The summed E-state index contributed by atoms with van der Waals surface area (Å²) in [5.41, 5.74) is 2.33. The van der Waals surface area contributed by atoms with Gasteiger partial charge in [-0.2, -0.15) is 0 Å². The fourth-order valence-electron chi connectivity index (χ4n) is 4.12. The predicted molar refractivity (Wildman–Crippen MR) is 113 cm³/mol. The molecule has 2 aromatic rings. The van der Waals surface area contributed by atoms with Crippen LogP contribution in [-0.2, 0) is 21.2 Å². The first kappa shape index (κ1) is 20.0. The lowest BCUT2D eigenvalue weighted by molar-refractivity contribution is -0.122. The average Bonchev–Trinajstić information content (AvgIpc) is 3.37. The van der Waals surface area contributed by atoms with Crippen LogP contribution in [0.2, 0.25) is 5.02 Å². The minimum absolute atomic E-state index is 0.0573. The molecule has 0 saturated heterocycles. The number of ether oxygens (including phenoxy) is 1. The highest BCUT2D eigenvalue weighted by atomic mass is 35.5. The van der Waals surface area contributed by atoms with Gasteiger partial charge >= 0.3 is 0 Å². The topological polar surface area (TPSA) is 75.7 Å². The Hall–Kier alpha value is -2.25. The van der Waals surface area contributed by atoms with Crippen LogP contribution in [0.4, 0.5) is 11.4 Å². The van der Waals surface area contributed by atoms with Gasteiger partial charge in [0.05, 0.1) is 17.0 Å². The van der Waals surface area contributed by atoms with Crippen molar-refractivity contribution < 1.29 is 17.9 Å². The summed E-state index contributed by atoms with van der Waals surface area (Å²) in [6.07, 6.45) is 4.89. The molecular formula is C21H23ClN2O4S. The molecule has 4 rings (SSSR count). The van der Waals surface area contributed by atoms with E-state index in [9.17, 15) is 13.2 Å². The molecule has 2 aromatic carbocycles. The second kappa shape index (κ2) is 7.88. The van der Waals surface area contributed by atoms with E-state index < -0.39 is 10.0 Å². The third kappa shape index (κ3) is 3.94. The number of methoxy groups -OCH3 is 1. The summed E-state index contributed by atoms with van der Waals surface area (Å²) in [4.78, 5) is 14.7. The highest BCUT2D eigenvalue weighted by molar-refractivity contribution is 7.92. The van der Waals surface area contributed by atoms with Crippen molar-refractivity contribution in [3.05, 3.63) is 47.0 Å². The number of hydrogen-bond donors (Lipinski definition) is 1. The number of sulfonamides is 1. The Morgan fingerprint density at radius 2 is 1.93 bits per heavy atom.